The molecular weight excluding hydrogens is 434 g/mol. The lowest BCUT2D eigenvalue weighted by Gasteiger charge is -2.12. The first-order valence-electron chi connectivity index (χ1n) is 9.75. The van der Waals surface area contributed by atoms with Crippen LogP contribution in [0.4, 0.5) is 5.69 Å². The quantitative estimate of drug-likeness (QED) is 0.305. The van der Waals surface area contributed by atoms with Gasteiger partial charge in [-0.15, -0.1) is 6.42 Å². The average Bonchev–Trinajstić information content (AvgIpc) is 2.78. The zero-order valence-corrected chi connectivity index (χ0v) is 18.6. The third kappa shape index (κ3) is 7.52. The van der Waals surface area contributed by atoms with Gasteiger partial charge >= 0.3 is 0 Å². The van der Waals surface area contributed by atoms with Crippen molar-refractivity contribution < 1.29 is 23.8 Å². The first kappa shape index (κ1) is 24.6. The Hall–Kier alpha value is -3.70. The second-order valence-corrected chi connectivity index (χ2v) is 6.70. The molecule has 168 valence electrons. The van der Waals surface area contributed by atoms with Crippen molar-refractivity contribution in [3.05, 3.63) is 47.0 Å². The topological polar surface area (TPSA) is 98.2 Å². The Morgan fingerprint density at radius 1 is 1.16 bits per heavy atom. The average molecular weight is 458 g/mol. The van der Waals surface area contributed by atoms with Gasteiger partial charge in [-0.3, -0.25) is 9.59 Å². The van der Waals surface area contributed by atoms with E-state index in [9.17, 15) is 9.59 Å². The number of carbonyl (C=O) groups excluding carboxylic acids is 2. The molecular formula is C23H24ClN3O5. The number of carbonyl (C=O) groups is 2. The van der Waals surface area contributed by atoms with Gasteiger partial charge in [0.2, 0.25) is 11.8 Å². The SMILES string of the molecule is C#CCOc1c(Cl)cc(C=NNC(=O)CCC(=O)Nc2ccccc2OC)cc1OCC. The summed E-state index contributed by atoms with van der Waals surface area (Å²) < 4.78 is 16.1. The predicted molar refractivity (Wildman–Crippen MR) is 124 cm³/mol. The molecule has 2 amide bonds. The molecule has 8 nitrogen and oxygen atoms in total. The summed E-state index contributed by atoms with van der Waals surface area (Å²) in [5.41, 5.74) is 3.50. The van der Waals surface area contributed by atoms with Crippen LogP contribution in [0.1, 0.15) is 25.3 Å². The lowest BCUT2D eigenvalue weighted by Crippen LogP contribution is -2.20. The van der Waals surface area contributed by atoms with Crippen molar-refractivity contribution in [2.24, 2.45) is 5.10 Å². The van der Waals surface area contributed by atoms with Crippen molar-refractivity contribution >= 4 is 35.3 Å². The number of para-hydroxylation sites is 2. The standard InChI is InChI=1S/C23H24ClN3O5/c1-4-12-32-23-17(24)13-16(14-20(23)31-5-2)15-25-27-22(29)11-10-21(28)26-18-8-6-7-9-19(18)30-3/h1,6-9,13-15H,5,10-12H2,2-3H3,(H,26,28)(H,27,29). The Morgan fingerprint density at radius 3 is 2.62 bits per heavy atom. The number of amides is 2. The molecule has 0 heterocycles. The lowest BCUT2D eigenvalue weighted by molar-refractivity contribution is -0.124. The third-order valence-corrected chi connectivity index (χ3v) is 4.28. The molecule has 0 aliphatic carbocycles. The lowest BCUT2D eigenvalue weighted by atomic mass is 10.2. The number of benzene rings is 2. The minimum absolute atomic E-state index is 0.0130. The molecule has 0 spiro atoms. The monoisotopic (exact) mass is 457 g/mol. The zero-order valence-electron chi connectivity index (χ0n) is 17.8. The van der Waals surface area contributed by atoms with Crippen LogP contribution in [-0.2, 0) is 9.59 Å². The summed E-state index contributed by atoms with van der Waals surface area (Å²) in [6, 6.07) is 10.3. The Morgan fingerprint density at radius 2 is 1.91 bits per heavy atom. The number of halogens is 1. The van der Waals surface area contributed by atoms with Crippen LogP contribution in [0, 0.1) is 12.3 Å². The summed E-state index contributed by atoms with van der Waals surface area (Å²) in [5.74, 6) is 2.93. The Balaban J connectivity index is 1.90. The number of nitrogens with zero attached hydrogens (tertiary/aromatic N) is 1. The molecule has 2 aromatic carbocycles. The van der Waals surface area contributed by atoms with Gasteiger partial charge in [-0.25, -0.2) is 5.43 Å². The smallest absolute Gasteiger partial charge is 0.240 e. The van der Waals surface area contributed by atoms with Gasteiger partial charge in [0, 0.05) is 12.8 Å². The molecule has 0 saturated heterocycles. The maximum atomic E-state index is 12.1. The van der Waals surface area contributed by atoms with Crippen LogP contribution in [-0.4, -0.2) is 38.4 Å². The predicted octanol–water partition coefficient (Wildman–Crippen LogP) is 3.63. The number of terminal acetylenes is 1. The zero-order chi connectivity index (χ0) is 23.3. The molecule has 0 unspecified atom stereocenters. The molecule has 0 fully saturated rings. The number of anilines is 1. The van der Waals surface area contributed by atoms with Gasteiger partial charge in [-0.1, -0.05) is 29.7 Å². The maximum absolute atomic E-state index is 12.1. The summed E-state index contributed by atoms with van der Waals surface area (Å²) in [6.07, 6.45) is 6.57. The summed E-state index contributed by atoms with van der Waals surface area (Å²) in [6.45, 7) is 2.27. The molecule has 32 heavy (non-hydrogen) atoms. The molecule has 0 aromatic heterocycles. The van der Waals surface area contributed by atoms with E-state index in [1.165, 1.54) is 13.3 Å². The number of hydrazone groups is 1. The molecule has 2 N–H and O–H groups in total. The number of rotatable bonds is 11. The van der Waals surface area contributed by atoms with Crippen LogP contribution in [0.25, 0.3) is 0 Å². The van der Waals surface area contributed by atoms with Crippen LogP contribution in [0.2, 0.25) is 5.02 Å². The van der Waals surface area contributed by atoms with E-state index < -0.39 is 5.91 Å². The van der Waals surface area contributed by atoms with Gasteiger partial charge in [0.15, 0.2) is 11.5 Å². The second kappa shape index (κ2) is 12.9. The fourth-order valence-electron chi connectivity index (χ4n) is 2.60. The van der Waals surface area contributed by atoms with Crippen LogP contribution < -0.4 is 25.0 Å². The summed E-state index contributed by atoms with van der Waals surface area (Å²) in [4.78, 5) is 24.1. The number of hydrogen-bond donors (Lipinski definition) is 2. The van der Waals surface area contributed by atoms with E-state index in [4.69, 9.17) is 32.2 Å². The highest BCUT2D eigenvalue weighted by Gasteiger charge is 2.12. The molecule has 2 aromatic rings. The number of hydrogen-bond acceptors (Lipinski definition) is 6. The summed E-state index contributed by atoms with van der Waals surface area (Å²) >= 11 is 6.24. The highest BCUT2D eigenvalue weighted by atomic mass is 35.5. The molecule has 0 aliphatic rings. The van der Waals surface area contributed by atoms with Crippen molar-refractivity contribution in [3.8, 4) is 29.6 Å². The number of ether oxygens (including phenoxy) is 3. The van der Waals surface area contributed by atoms with Crippen LogP contribution in [0.3, 0.4) is 0 Å². The Kier molecular flexibility index (Phi) is 9.88. The second-order valence-electron chi connectivity index (χ2n) is 6.30. The van der Waals surface area contributed by atoms with E-state index in [1.807, 2.05) is 6.92 Å². The molecule has 2 rings (SSSR count). The molecule has 0 saturated carbocycles. The number of nitrogens with one attached hydrogen (secondary N) is 2. The summed E-state index contributed by atoms with van der Waals surface area (Å²) in [7, 11) is 1.51. The van der Waals surface area contributed by atoms with Gasteiger partial charge < -0.3 is 19.5 Å². The maximum Gasteiger partial charge on any atom is 0.240 e. The van der Waals surface area contributed by atoms with Gasteiger partial charge in [-0.2, -0.15) is 5.10 Å². The van der Waals surface area contributed by atoms with Crippen LogP contribution >= 0.6 is 11.6 Å². The minimum Gasteiger partial charge on any atom is -0.495 e. The first-order valence-corrected chi connectivity index (χ1v) is 10.1. The van der Waals surface area contributed by atoms with Crippen molar-refractivity contribution in [1.82, 2.24) is 5.43 Å². The van der Waals surface area contributed by atoms with E-state index in [0.29, 0.717) is 40.1 Å². The fourth-order valence-corrected chi connectivity index (χ4v) is 2.88. The third-order valence-electron chi connectivity index (χ3n) is 3.99. The van der Waals surface area contributed by atoms with Gasteiger partial charge in [-0.05, 0) is 36.8 Å². The van der Waals surface area contributed by atoms with Gasteiger partial charge in [0.25, 0.3) is 0 Å². The van der Waals surface area contributed by atoms with Crippen molar-refractivity contribution in [1.29, 1.82) is 0 Å². The highest BCUT2D eigenvalue weighted by Crippen LogP contribution is 2.36. The van der Waals surface area contributed by atoms with Crippen molar-refractivity contribution in [3.63, 3.8) is 0 Å². The molecule has 0 radical (unpaired) electrons. The van der Waals surface area contributed by atoms with Crippen molar-refractivity contribution in [2.45, 2.75) is 19.8 Å². The summed E-state index contributed by atoms with van der Waals surface area (Å²) in [5, 5.41) is 6.91. The van der Waals surface area contributed by atoms with E-state index in [1.54, 1.807) is 36.4 Å². The van der Waals surface area contributed by atoms with Crippen LogP contribution in [0.15, 0.2) is 41.5 Å². The van der Waals surface area contributed by atoms with Gasteiger partial charge in [0.1, 0.15) is 12.4 Å². The first-order chi connectivity index (χ1) is 15.5. The number of methoxy groups -OCH3 is 1. The molecule has 0 bridgehead atoms. The molecule has 0 aliphatic heterocycles. The normalized spacial score (nSPS) is 10.3. The van der Waals surface area contributed by atoms with Gasteiger partial charge in [0.05, 0.1) is 30.6 Å². The molecule has 9 heteroatoms. The highest BCUT2D eigenvalue weighted by molar-refractivity contribution is 6.32. The van der Waals surface area contributed by atoms with E-state index in [2.05, 4.69) is 21.8 Å². The Labute approximate surface area is 191 Å². The van der Waals surface area contributed by atoms with E-state index in [0.717, 1.165) is 0 Å². The Bertz CT molecular complexity index is 1020. The minimum atomic E-state index is -0.415. The van der Waals surface area contributed by atoms with E-state index >= 15 is 0 Å². The fraction of sp³-hybridized carbons (Fsp3) is 0.261. The molecule has 0 atom stereocenters. The van der Waals surface area contributed by atoms with Crippen molar-refractivity contribution in [2.75, 3.05) is 25.6 Å². The largest absolute Gasteiger partial charge is 0.495 e. The van der Waals surface area contributed by atoms with Crippen LogP contribution in [0.5, 0.6) is 17.2 Å². The van der Waals surface area contributed by atoms with E-state index in [-0.39, 0.29) is 25.4 Å².